The second-order valence-electron chi connectivity index (χ2n) is 6.23. The summed E-state index contributed by atoms with van der Waals surface area (Å²) in [5.41, 5.74) is 2.07. The number of hydrogen-bond donors (Lipinski definition) is 2. The smallest absolute Gasteiger partial charge is 0.319 e. The highest BCUT2D eigenvalue weighted by atomic mass is 16.2. The Hall–Kier alpha value is -1.97. The fourth-order valence-corrected chi connectivity index (χ4v) is 3.21. The molecule has 3 rings (SSSR count). The average molecular weight is 299 g/mol. The Bertz CT molecular complexity index is 535. The van der Waals surface area contributed by atoms with E-state index in [1.807, 2.05) is 12.1 Å². The zero-order valence-corrected chi connectivity index (χ0v) is 13.1. The number of anilines is 2. The van der Waals surface area contributed by atoms with Crippen LogP contribution in [0.2, 0.25) is 0 Å². The topological polar surface area (TPSA) is 44.4 Å². The number of rotatable bonds is 4. The van der Waals surface area contributed by atoms with Crippen LogP contribution in [0.1, 0.15) is 32.1 Å². The third-order valence-electron chi connectivity index (χ3n) is 4.50. The molecule has 0 radical (unpaired) electrons. The Kier molecular flexibility index (Phi) is 4.99. The molecule has 1 aliphatic carbocycles. The first kappa shape index (κ1) is 14.9. The van der Waals surface area contributed by atoms with Crippen LogP contribution in [0, 0.1) is 5.92 Å². The molecule has 4 heteroatoms. The molecule has 1 atom stereocenters. The molecule has 0 spiro atoms. The van der Waals surface area contributed by atoms with Gasteiger partial charge in [-0.3, -0.25) is 0 Å². The van der Waals surface area contributed by atoms with Crippen molar-refractivity contribution in [2.24, 2.45) is 5.92 Å². The number of carbonyl (C=O) groups excluding carboxylic acids is 1. The third-order valence-corrected chi connectivity index (χ3v) is 4.50. The SMILES string of the molecule is O=C(NCC1CC=CCC1)Nc1cccc(N2CCCC2)c1. The quantitative estimate of drug-likeness (QED) is 0.831. The molecule has 2 aliphatic rings. The maximum Gasteiger partial charge on any atom is 0.319 e. The van der Waals surface area contributed by atoms with Crippen molar-refractivity contribution in [3.05, 3.63) is 36.4 Å². The molecule has 1 saturated heterocycles. The number of benzene rings is 1. The molecule has 22 heavy (non-hydrogen) atoms. The van der Waals surface area contributed by atoms with Crippen molar-refractivity contribution in [1.82, 2.24) is 5.32 Å². The van der Waals surface area contributed by atoms with Crippen molar-refractivity contribution in [3.8, 4) is 0 Å². The van der Waals surface area contributed by atoms with Gasteiger partial charge in [-0.05, 0) is 56.2 Å². The number of hydrogen-bond acceptors (Lipinski definition) is 2. The predicted molar refractivity (Wildman–Crippen MR) is 91.4 cm³/mol. The normalized spacial score (nSPS) is 20.9. The summed E-state index contributed by atoms with van der Waals surface area (Å²) >= 11 is 0. The highest BCUT2D eigenvalue weighted by Gasteiger charge is 2.14. The number of allylic oxidation sites excluding steroid dienone is 2. The highest BCUT2D eigenvalue weighted by Crippen LogP contribution is 2.23. The van der Waals surface area contributed by atoms with Crippen molar-refractivity contribution in [1.29, 1.82) is 0 Å². The first-order valence-electron chi connectivity index (χ1n) is 8.36. The third kappa shape index (κ3) is 4.03. The van der Waals surface area contributed by atoms with E-state index in [0.29, 0.717) is 5.92 Å². The van der Waals surface area contributed by atoms with Gasteiger partial charge in [-0.15, -0.1) is 0 Å². The Morgan fingerprint density at radius 3 is 2.86 bits per heavy atom. The summed E-state index contributed by atoms with van der Waals surface area (Å²) in [5.74, 6) is 0.576. The van der Waals surface area contributed by atoms with E-state index in [-0.39, 0.29) is 6.03 Å². The Balaban J connectivity index is 1.50. The van der Waals surface area contributed by atoms with Crippen LogP contribution in [-0.4, -0.2) is 25.7 Å². The van der Waals surface area contributed by atoms with Gasteiger partial charge in [0.1, 0.15) is 0 Å². The molecule has 1 aliphatic heterocycles. The van der Waals surface area contributed by atoms with Crippen LogP contribution in [0.4, 0.5) is 16.2 Å². The minimum Gasteiger partial charge on any atom is -0.371 e. The number of amides is 2. The summed E-state index contributed by atoms with van der Waals surface area (Å²) in [7, 11) is 0. The fourth-order valence-electron chi connectivity index (χ4n) is 3.21. The van der Waals surface area contributed by atoms with Gasteiger partial charge in [0, 0.05) is 31.0 Å². The molecule has 0 saturated carbocycles. The monoisotopic (exact) mass is 299 g/mol. The number of nitrogens with one attached hydrogen (secondary N) is 2. The van der Waals surface area contributed by atoms with Crippen molar-refractivity contribution in [3.63, 3.8) is 0 Å². The van der Waals surface area contributed by atoms with Gasteiger partial charge < -0.3 is 15.5 Å². The number of carbonyl (C=O) groups is 1. The van der Waals surface area contributed by atoms with E-state index in [9.17, 15) is 4.79 Å². The van der Waals surface area contributed by atoms with Crippen LogP contribution in [0.25, 0.3) is 0 Å². The van der Waals surface area contributed by atoms with E-state index in [2.05, 4.69) is 39.8 Å². The Labute approximate surface area is 132 Å². The zero-order valence-electron chi connectivity index (χ0n) is 13.1. The van der Waals surface area contributed by atoms with Crippen molar-refractivity contribution in [2.75, 3.05) is 29.9 Å². The second-order valence-corrected chi connectivity index (χ2v) is 6.23. The standard InChI is InChI=1S/C18H25N3O/c22-18(19-14-15-7-2-1-3-8-15)20-16-9-6-10-17(13-16)21-11-4-5-12-21/h1-2,6,9-10,13,15H,3-5,7-8,11-12,14H2,(H2,19,20,22). The molecule has 2 amide bonds. The molecular formula is C18H25N3O. The Morgan fingerprint density at radius 2 is 2.09 bits per heavy atom. The van der Waals surface area contributed by atoms with Gasteiger partial charge in [0.25, 0.3) is 0 Å². The summed E-state index contributed by atoms with van der Waals surface area (Å²) in [4.78, 5) is 14.4. The lowest BCUT2D eigenvalue weighted by atomic mass is 9.94. The molecule has 1 heterocycles. The van der Waals surface area contributed by atoms with Crippen molar-refractivity contribution >= 4 is 17.4 Å². The lowest BCUT2D eigenvalue weighted by Crippen LogP contribution is -2.33. The summed E-state index contributed by atoms with van der Waals surface area (Å²) in [6.07, 6.45) is 10.3. The largest absolute Gasteiger partial charge is 0.371 e. The lowest BCUT2D eigenvalue weighted by molar-refractivity contribution is 0.249. The minimum absolute atomic E-state index is 0.104. The Morgan fingerprint density at radius 1 is 1.23 bits per heavy atom. The molecule has 1 aromatic carbocycles. The molecule has 1 fully saturated rings. The van der Waals surface area contributed by atoms with E-state index in [1.54, 1.807) is 0 Å². The molecule has 2 N–H and O–H groups in total. The maximum atomic E-state index is 12.0. The number of urea groups is 1. The molecule has 1 aromatic rings. The van der Waals surface area contributed by atoms with Gasteiger partial charge in [0.2, 0.25) is 0 Å². The highest BCUT2D eigenvalue weighted by molar-refractivity contribution is 5.89. The van der Waals surface area contributed by atoms with Gasteiger partial charge in [-0.25, -0.2) is 4.79 Å². The minimum atomic E-state index is -0.104. The first-order valence-corrected chi connectivity index (χ1v) is 8.36. The van der Waals surface area contributed by atoms with E-state index in [1.165, 1.54) is 24.9 Å². The molecule has 1 unspecified atom stereocenters. The first-order chi connectivity index (χ1) is 10.8. The van der Waals surface area contributed by atoms with Gasteiger partial charge in [0.05, 0.1) is 0 Å². The summed E-state index contributed by atoms with van der Waals surface area (Å²) in [5, 5.41) is 5.94. The maximum absolute atomic E-state index is 12.0. The van der Waals surface area contributed by atoms with E-state index >= 15 is 0 Å². The van der Waals surface area contributed by atoms with Crippen molar-refractivity contribution < 1.29 is 4.79 Å². The van der Waals surface area contributed by atoms with E-state index in [4.69, 9.17) is 0 Å². The van der Waals surface area contributed by atoms with Gasteiger partial charge in [0.15, 0.2) is 0 Å². The zero-order chi connectivity index (χ0) is 15.2. The second kappa shape index (κ2) is 7.34. The van der Waals surface area contributed by atoms with Crippen LogP contribution >= 0.6 is 0 Å². The van der Waals surface area contributed by atoms with Crippen LogP contribution in [0.5, 0.6) is 0 Å². The summed E-state index contributed by atoms with van der Waals surface area (Å²) in [6.45, 7) is 2.98. The molecular weight excluding hydrogens is 274 g/mol. The average Bonchev–Trinajstić information content (AvgIpc) is 3.09. The van der Waals surface area contributed by atoms with Gasteiger partial charge >= 0.3 is 6.03 Å². The van der Waals surface area contributed by atoms with E-state index in [0.717, 1.165) is 38.2 Å². The van der Waals surface area contributed by atoms with Crippen LogP contribution in [-0.2, 0) is 0 Å². The van der Waals surface area contributed by atoms with Crippen molar-refractivity contribution in [2.45, 2.75) is 32.1 Å². The lowest BCUT2D eigenvalue weighted by Gasteiger charge is -2.20. The molecule has 118 valence electrons. The number of nitrogens with zero attached hydrogens (tertiary/aromatic N) is 1. The summed E-state index contributed by atoms with van der Waals surface area (Å²) in [6, 6.07) is 8.03. The van der Waals surface area contributed by atoms with Crippen LogP contribution < -0.4 is 15.5 Å². The molecule has 0 aromatic heterocycles. The molecule has 0 bridgehead atoms. The predicted octanol–water partition coefficient (Wildman–Crippen LogP) is 3.76. The summed E-state index contributed by atoms with van der Waals surface area (Å²) < 4.78 is 0. The molecule has 4 nitrogen and oxygen atoms in total. The van der Waals surface area contributed by atoms with Gasteiger partial charge in [-0.2, -0.15) is 0 Å². The van der Waals surface area contributed by atoms with Crippen LogP contribution in [0.15, 0.2) is 36.4 Å². The van der Waals surface area contributed by atoms with Gasteiger partial charge in [-0.1, -0.05) is 18.2 Å². The van der Waals surface area contributed by atoms with Crippen LogP contribution in [0.3, 0.4) is 0 Å². The fraction of sp³-hybridized carbons (Fsp3) is 0.500. The van der Waals surface area contributed by atoms with E-state index < -0.39 is 0 Å².